The van der Waals surface area contributed by atoms with Crippen LogP contribution < -0.4 is 10.6 Å². The summed E-state index contributed by atoms with van der Waals surface area (Å²) in [5.41, 5.74) is 7.07. The monoisotopic (exact) mass is 361 g/mol. The van der Waals surface area contributed by atoms with Gasteiger partial charge < -0.3 is 15.6 Å². The van der Waals surface area contributed by atoms with Gasteiger partial charge in [0.1, 0.15) is 0 Å². The van der Waals surface area contributed by atoms with E-state index in [0.29, 0.717) is 0 Å². The van der Waals surface area contributed by atoms with Crippen molar-refractivity contribution >= 4 is 22.7 Å². The summed E-state index contributed by atoms with van der Waals surface area (Å²) in [6.45, 7) is 10.9. The van der Waals surface area contributed by atoms with Crippen molar-refractivity contribution in [1.82, 2.24) is 10.3 Å². The van der Waals surface area contributed by atoms with Gasteiger partial charge in [-0.2, -0.15) is 0 Å². The molecule has 27 heavy (non-hydrogen) atoms. The topological polar surface area (TPSA) is 39.9 Å². The number of anilines is 1. The first kappa shape index (κ1) is 20.4. The molecule has 0 saturated carbocycles. The number of allylic oxidation sites excluding steroid dienone is 1. The van der Waals surface area contributed by atoms with E-state index in [1.807, 2.05) is 27.0 Å². The highest BCUT2D eigenvalue weighted by molar-refractivity contribution is 5.84. The lowest BCUT2D eigenvalue weighted by Gasteiger charge is -2.07. The Balaban J connectivity index is 0.00000126. The number of nitrogens with one attached hydrogen (secondary N) is 3. The minimum Gasteiger partial charge on any atom is -0.389 e. The average Bonchev–Trinajstić information content (AvgIpc) is 3.04. The average molecular weight is 362 g/mol. The molecule has 0 radical (unpaired) electrons. The Kier molecular flexibility index (Phi) is 7.75. The van der Waals surface area contributed by atoms with Crippen LogP contribution in [0, 0.1) is 6.92 Å². The number of aromatic nitrogens is 1. The number of fused-ring (bicyclic) bond motifs is 1. The summed E-state index contributed by atoms with van der Waals surface area (Å²) < 4.78 is 0. The fourth-order valence-corrected chi connectivity index (χ4v) is 2.98. The molecule has 0 amide bonds. The predicted molar refractivity (Wildman–Crippen MR) is 120 cm³/mol. The Morgan fingerprint density at radius 3 is 2.48 bits per heavy atom. The Labute approximate surface area is 163 Å². The maximum absolute atomic E-state index is 3.89. The van der Waals surface area contributed by atoms with Gasteiger partial charge >= 0.3 is 0 Å². The van der Waals surface area contributed by atoms with Crippen LogP contribution >= 0.6 is 0 Å². The third-order valence-electron chi connectivity index (χ3n) is 4.44. The predicted octanol–water partition coefficient (Wildman–Crippen LogP) is 5.90. The highest BCUT2D eigenvalue weighted by Gasteiger charge is 2.07. The molecule has 0 atom stereocenters. The van der Waals surface area contributed by atoms with Crippen molar-refractivity contribution < 1.29 is 0 Å². The SMILES string of the molecule is C=C(/C=C/c1ccc(NCCc2c(C)[nH]c3ccccc23)cc1)NC.CC. The fraction of sp³-hybridized carbons (Fsp3) is 0.250. The Morgan fingerprint density at radius 1 is 1.07 bits per heavy atom. The molecule has 3 aromatic rings. The lowest BCUT2D eigenvalue weighted by atomic mass is 10.1. The molecular weight excluding hydrogens is 330 g/mol. The van der Waals surface area contributed by atoms with Crippen molar-refractivity contribution in [3.05, 3.63) is 83.7 Å². The van der Waals surface area contributed by atoms with Gasteiger partial charge in [0.25, 0.3) is 0 Å². The van der Waals surface area contributed by atoms with E-state index in [4.69, 9.17) is 0 Å². The molecule has 3 N–H and O–H groups in total. The summed E-state index contributed by atoms with van der Waals surface area (Å²) in [5, 5.41) is 7.84. The lowest BCUT2D eigenvalue weighted by Crippen LogP contribution is -2.05. The smallest absolute Gasteiger partial charge is 0.0458 e. The standard InChI is InChI=1S/C22H25N3.C2H6/c1-16(23-3)8-9-18-10-12-19(13-11-18)24-15-14-20-17(2)25-22-7-5-4-6-21(20)22;1-2/h4-13,23-25H,1,14-15H2,2-3H3;1-2H3/b9-8+;. The van der Waals surface area contributed by atoms with Gasteiger partial charge in [0, 0.05) is 41.6 Å². The van der Waals surface area contributed by atoms with E-state index >= 15 is 0 Å². The second-order valence-electron chi connectivity index (χ2n) is 6.18. The number of aromatic amines is 1. The van der Waals surface area contributed by atoms with Crippen molar-refractivity contribution in [2.75, 3.05) is 18.9 Å². The van der Waals surface area contributed by atoms with Gasteiger partial charge in [-0.3, -0.25) is 0 Å². The molecule has 3 rings (SSSR count). The molecule has 0 unspecified atom stereocenters. The van der Waals surface area contributed by atoms with E-state index in [0.717, 1.165) is 29.9 Å². The van der Waals surface area contributed by atoms with Crippen LogP contribution in [0.25, 0.3) is 17.0 Å². The van der Waals surface area contributed by atoms with E-state index in [-0.39, 0.29) is 0 Å². The maximum Gasteiger partial charge on any atom is 0.0458 e. The molecule has 1 aromatic heterocycles. The van der Waals surface area contributed by atoms with E-state index in [9.17, 15) is 0 Å². The number of likely N-dealkylation sites (N-methyl/N-ethyl adjacent to an activating group) is 1. The summed E-state index contributed by atoms with van der Waals surface area (Å²) in [4.78, 5) is 3.46. The van der Waals surface area contributed by atoms with Crippen LogP contribution in [-0.2, 0) is 6.42 Å². The normalized spacial score (nSPS) is 10.5. The number of para-hydroxylation sites is 1. The second kappa shape index (κ2) is 10.3. The van der Waals surface area contributed by atoms with Crippen LogP contribution in [0.1, 0.15) is 30.7 Å². The summed E-state index contributed by atoms with van der Waals surface area (Å²) in [7, 11) is 1.87. The lowest BCUT2D eigenvalue weighted by molar-refractivity contribution is 1.01. The van der Waals surface area contributed by atoms with Gasteiger partial charge in [0.2, 0.25) is 0 Å². The van der Waals surface area contributed by atoms with Gasteiger partial charge in [-0.05, 0) is 48.7 Å². The molecule has 1 heterocycles. The first-order chi connectivity index (χ1) is 13.2. The number of aryl methyl sites for hydroxylation is 1. The molecule has 0 bridgehead atoms. The highest BCUT2D eigenvalue weighted by atomic mass is 14.9. The van der Waals surface area contributed by atoms with Gasteiger partial charge in [0.15, 0.2) is 0 Å². The molecule has 0 aliphatic carbocycles. The quantitative estimate of drug-likeness (QED) is 0.458. The molecule has 0 aliphatic heterocycles. The van der Waals surface area contributed by atoms with Crippen LogP contribution in [0.5, 0.6) is 0 Å². The van der Waals surface area contributed by atoms with E-state index in [1.54, 1.807) is 0 Å². The number of benzene rings is 2. The summed E-state index contributed by atoms with van der Waals surface area (Å²) in [6.07, 6.45) is 5.03. The zero-order chi connectivity index (χ0) is 19.6. The van der Waals surface area contributed by atoms with E-state index in [2.05, 4.69) is 83.7 Å². The Bertz CT molecular complexity index is 886. The van der Waals surface area contributed by atoms with Crippen LogP contribution in [0.15, 0.2) is 66.9 Å². The number of hydrogen-bond acceptors (Lipinski definition) is 2. The van der Waals surface area contributed by atoms with Crippen LogP contribution in [0.2, 0.25) is 0 Å². The molecular formula is C24H31N3. The van der Waals surface area contributed by atoms with Crippen molar-refractivity contribution in [2.45, 2.75) is 27.2 Å². The van der Waals surface area contributed by atoms with Crippen molar-refractivity contribution in [1.29, 1.82) is 0 Å². The third kappa shape index (κ3) is 5.52. The first-order valence-corrected chi connectivity index (χ1v) is 9.62. The molecule has 0 spiro atoms. The zero-order valence-corrected chi connectivity index (χ0v) is 16.9. The molecule has 2 aromatic carbocycles. The fourth-order valence-electron chi connectivity index (χ4n) is 2.98. The molecule has 142 valence electrons. The molecule has 3 heteroatoms. The van der Waals surface area contributed by atoms with Crippen molar-refractivity contribution in [2.24, 2.45) is 0 Å². The minimum atomic E-state index is 0.899. The summed E-state index contributed by atoms with van der Waals surface area (Å²) >= 11 is 0. The van der Waals surface area contributed by atoms with Gasteiger partial charge in [-0.25, -0.2) is 0 Å². The van der Waals surface area contributed by atoms with Gasteiger partial charge in [-0.1, -0.05) is 56.8 Å². The minimum absolute atomic E-state index is 0.899. The van der Waals surface area contributed by atoms with Gasteiger partial charge in [-0.15, -0.1) is 0 Å². The van der Waals surface area contributed by atoms with Gasteiger partial charge in [0.05, 0.1) is 0 Å². The molecule has 0 saturated heterocycles. The van der Waals surface area contributed by atoms with E-state index in [1.165, 1.54) is 22.2 Å². The van der Waals surface area contributed by atoms with Crippen LogP contribution in [0.3, 0.4) is 0 Å². The number of rotatable bonds is 7. The highest BCUT2D eigenvalue weighted by Crippen LogP contribution is 2.22. The maximum atomic E-state index is 3.89. The molecule has 3 nitrogen and oxygen atoms in total. The largest absolute Gasteiger partial charge is 0.389 e. The molecule has 0 fully saturated rings. The number of hydrogen-bond donors (Lipinski definition) is 3. The van der Waals surface area contributed by atoms with Crippen molar-refractivity contribution in [3.8, 4) is 0 Å². The third-order valence-corrected chi connectivity index (χ3v) is 4.44. The summed E-state index contributed by atoms with van der Waals surface area (Å²) in [6, 6.07) is 16.9. The van der Waals surface area contributed by atoms with Crippen molar-refractivity contribution in [3.63, 3.8) is 0 Å². The first-order valence-electron chi connectivity index (χ1n) is 9.62. The summed E-state index contributed by atoms with van der Waals surface area (Å²) in [5.74, 6) is 0. The van der Waals surface area contributed by atoms with E-state index < -0.39 is 0 Å². The van der Waals surface area contributed by atoms with Crippen LogP contribution in [-0.4, -0.2) is 18.6 Å². The zero-order valence-electron chi connectivity index (χ0n) is 16.9. The molecule has 0 aliphatic rings. The Hall–Kier alpha value is -2.94. The van der Waals surface area contributed by atoms with Crippen LogP contribution in [0.4, 0.5) is 5.69 Å². The number of H-pyrrole nitrogens is 1. The Morgan fingerprint density at radius 2 is 1.78 bits per heavy atom. The second-order valence-corrected chi connectivity index (χ2v) is 6.18.